The van der Waals surface area contributed by atoms with E-state index in [9.17, 15) is 0 Å². The van der Waals surface area contributed by atoms with Crippen molar-refractivity contribution in [2.24, 2.45) is 5.92 Å². The van der Waals surface area contributed by atoms with E-state index in [2.05, 4.69) is 32.3 Å². The van der Waals surface area contributed by atoms with E-state index in [1.807, 2.05) is 0 Å². The standard InChI is InChI=1S/C10H19N/c1-5-9(3)11-7-6-8(2)10(11)4/h8,10H,3,5-7H2,1-2,4H3. The molecule has 11 heavy (non-hydrogen) atoms. The molecule has 1 aliphatic rings. The molecule has 1 heterocycles. The zero-order valence-electron chi connectivity index (χ0n) is 7.93. The smallest absolute Gasteiger partial charge is 0.0284 e. The Morgan fingerprint density at radius 2 is 2.18 bits per heavy atom. The molecular weight excluding hydrogens is 134 g/mol. The van der Waals surface area contributed by atoms with Crippen molar-refractivity contribution in [3.05, 3.63) is 12.3 Å². The summed E-state index contributed by atoms with van der Waals surface area (Å²) in [6, 6.07) is 0.711. The zero-order chi connectivity index (χ0) is 8.43. The van der Waals surface area contributed by atoms with E-state index in [4.69, 9.17) is 0 Å². The first-order chi connectivity index (χ1) is 5.16. The highest BCUT2D eigenvalue weighted by atomic mass is 15.2. The van der Waals surface area contributed by atoms with E-state index in [0.717, 1.165) is 12.3 Å². The second-order valence-electron chi connectivity index (χ2n) is 3.62. The van der Waals surface area contributed by atoms with Crippen LogP contribution in [0.3, 0.4) is 0 Å². The molecule has 1 fully saturated rings. The number of allylic oxidation sites excluding steroid dienone is 1. The molecule has 1 heteroatoms. The number of rotatable bonds is 2. The molecule has 0 radical (unpaired) electrons. The van der Waals surface area contributed by atoms with Gasteiger partial charge in [0.15, 0.2) is 0 Å². The largest absolute Gasteiger partial charge is 0.372 e. The van der Waals surface area contributed by atoms with Gasteiger partial charge in [-0.2, -0.15) is 0 Å². The second kappa shape index (κ2) is 3.29. The van der Waals surface area contributed by atoms with Crippen LogP contribution in [0.25, 0.3) is 0 Å². The average Bonchev–Trinajstić information content (AvgIpc) is 2.32. The highest BCUT2D eigenvalue weighted by molar-refractivity contribution is 4.99. The molecule has 0 N–H and O–H groups in total. The fourth-order valence-electron chi connectivity index (χ4n) is 1.74. The first kappa shape index (κ1) is 8.63. The minimum absolute atomic E-state index is 0.711. The van der Waals surface area contributed by atoms with Gasteiger partial charge in [0.25, 0.3) is 0 Å². The van der Waals surface area contributed by atoms with Crippen LogP contribution in [0.15, 0.2) is 12.3 Å². The maximum absolute atomic E-state index is 4.07. The minimum Gasteiger partial charge on any atom is -0.372 e. The molecule has 0 amide bonds. The molecular formula is C10H19N. The highest BCUT2D eigenvalue weighted by Gasteiger charge is 2.26. The first-order valence-corrected chi connectivity index (χ1v) is 4.61. The lowest BCUT2D eigenvalue weighted by Crippen LogP contribution is -2.27. The highest BCUT2D eigenvalue weighted by Crippen LogP contribution is 2.27. The third-order valence-electron chi connectivity index (χ3n) is 2.95. The zero-order valence-corrected chi connectivity index (χ0v) is 7.93. The molecule has 0 bridgehead atoms. The summed E-state index contributed by atoms with van der Waals surface area (Å²) in [6.07, 6.45) is 2.43. The monoisotopic (exact) mass is 153 g/mol. The predicted octanol–water partition coefficient (Wildman–Crippen LogP) is 2.64. The first-order valence-electron chi connectivity index (χ1n) is 4.61. The number of likely N-dealkylation sites (tertiary alicyclic amines) is 1. The van der Waals surface area contributed by atoms with Crippen molar-refractivity contribution in [1.29, 1.82) is 0 Å². The van der Waals surface area contributed by atoms with Crippen LogP contribution >= 0.6 is 0 Å². The van der Waals surface area contributed by atoms with Gasteiger partial charge < -0.3 is 4.90 Å². The van der Waals surface area contributed by atoms with Gasteiger partial charge in [-0.3, -0.25) is 0 Å². The van der Waals surface area contributed by atoms with Gasteiger partial charge in [0, 0.05) is 18.3 Å². The maximum atomic E-state index is 4.07. The van der Waals surface area contributed by atoms with Crippen LogP contribution in [-0.2, 0) is 0 Å². The van der Waals surface area contributed by atoms with E-state index >= 15 is 0 Å². The van der Waals surface area contributed by atoms with Crippen LogP contribution in [0.5, 0.6) is 0 Å². The molecule has 1 saturated heterocycles. The summed E-state index contributed by atoms with van der Waals surface area (Å²) >= 11 is 0. The molecule has 1 nitrogen and oxygen atoms in total. The molecule has 0 aromatic heterocycles. The van der Waals surface area contributed by atoms with E-state index in [-0.39, 0.29) is 0 Å². The van der Waals surface area contributed by atoms with Crippen molar-refractivity contribution < 1.29 is 0 Å². The Morgan fingerprint density at radius 1 is 1.55 bits per heavy atom. The van der Waals surface area contributed by atoms with Crippen LogP contribution in [0.2, 0.25) is 0 Å². The topological polar surface area (TPSA) is 3.24 Å². The van der Waals surface area contributed by atoms with Crippen molar-refractivity contribution in [3.63, 3.8) is 0 Å². The van der Waals surface area contributed by atoms with E-state index in [1.54, 1.807) is 0 Å². The minimum atomic E-state index is 0.711. The summed E-state index contributed by atoms with van der Waals surface area (Å²) in [6.45, 7) is 12.1. The van der Waals surface area contributed by atoms with Crippen molar-refractivity contribution in [3.8, 4) is 0 Å². The van der Waals surface area contributed by atoms with Gasteiger partial charge in [0.1, 0.15) is 0 Å². The molecule has 2 atom stereocenters. The quantitative estimate of drug-likeness (QED) is 0.589. The summed E-state index contributed by atoms with van der Waals surface area (Å²) in [5.74, 6) is 0.846. The van der Waals surface area contributed by atoms with Crippen molar-refractivity contribution >= 4 is 0 Å². The molecule has 1 rings (SSSR count). The molecule has 0 aromatic carbocycles. The number of hydrogen-bond donors (Lipinski definition) is 0. The molecule has 0 spiro atoms. The average molecular weight is 153 g/mol. The SMILES string of the molecule is C=C(CC)N1CCC(C)C1C. The summed E-state index contributed by atoms with van der Waals surface area (Å²) in [7, 11) is 0. The van der Waals surface area contributed by atoms with Crippen LogP contribution in [0.4, 0.5) is 0 Å². The Balaban J connectivity index is 2.54. The molecule has 1 aliphatic heterocycles. The Morgan fingerprint density at radius 3 is 2.55 bits per heavy atom. The normalized spacial score (nSPS) is 31.0. The molecule has 0 aliphatic carbocycles. The lowest BCUT2D eigenvalue weighted by molar-refractivity contribution is 0.303. The van der Waals surface area contributed by atoms with Gasteiger partial charge in [-0.15, -0.1) is 0 Å². The summed E-state index contributed by atoms with van der Waals surface area (Å²) in [5, 5.41) is 0. The lowest BCUT2D eigenvalue weighted by atomic mass is 10.1. The van der Waals surface area contributed by atoms with Gasteiger partial charge in [0.05, 0.1) is 0 Å². The predicted molar refractivity (Wildman–Crippen MR) is 49.4 cm³/mol. The number of nitrogens with zero attached hydrogens (tertiary/aromatic N) is 1. The summed E-state index contributed by atoms with van der Waals surface area (Å²) < 4.78 is 0. The van der Waals surface area contributed by atoms with Crippen LogP contribution in [0, 0.1) is 5.92 Å². The Hall–Kier alpha value is -0.460. The maximum Gasteiger partial charge on any atom is 0.0284 e. The van der Waals surface area contributed by atoms with Crippen molar-refractivity contribution in [2.45, 2.75) is 39.7 Å². The van der Waals surface area contributed by atoms with Gasteiger partial charge >= 0.3 is 0 Å². The van der Waals surface area contributed by atoms with Crippen molar-refractivity contribution in [1.82, 2.24) is 4.90 Å². The van der Waals surface area contributed by atoms with Gasteiger partial charge in [-0.25, -0.2) is 0 Å². The van der Waals surface area contributed by atoms with E-state index < -0.39 is 0 Å². The molecule has 64 valence electrons. The van der Waals surface area contributed by atoms with Gasteiger partial charge in [-0.05, 0) is 25.7 Å². The fraction of sp³-hybridized carbons (Fsp3) is 0.800. The van der Waals surface area contributed by atoms with Crippen LogP contribution < -0.4 is 0 Å². The third-order valence-corrected chi connectivity index (χ3v) is 2.95. The summed E-state index contributed by atoms with van der Waals surface area (Å²) in [4.78, 5) is 2.45. The van der Waals surface area contributed by atoms with Gasteiger partial charge in [0.2, 0.25) is 0 Å². The van der Waals surface area contributed by atoms with Crippen LogP contribution in [-0.4, -0.2) is 17.5 Å². The second-order valence-corrected chi connectivity index (χ2v) is 3.62. The Bertz CT molecular complexity index is 151. The molecule has 0 saturated carbocycles. The van der Waals surface area contributed by atoms with E-state index in [1.165, 1.54) is 18.7 Å². The Kier molecular flexibility index (Phi) is 2.58. The summed E-state index contributed by atoms with van der Waals surface area (Å²) in [5.41, 5.74) is 1.31. The van der Waals surface area contributed by atoms with Crippen molar-refractivity contribution in [2.75, 3.05) is 6.54 Å². The van der Waals surface area contributed by atoms with E-state index in [0.29, 0.717) is 6.04 Å². The third kappa shape index (κ3) is 1.58. The fourth-order valence-corrected chi connectivity index (χ4v) is 1.74. The van der Waals surface area contributed by atoms with Crippen LogP contribution in [0.1, 0.15) is 33.6 Å². The lowest BCUT2D eigenvalue weighted by Gasteiger charge is -2.26. The van der Waals surface area contributed by atoms with Gasteiger partial charge in [-0.1, -0.05) is 20.4 Å². The molecule has 2 unspecified atom stereocenters. The number of hydrogen-bond acceptors (Lipinski definition) is 1. The Labute approximate surface area is 70.1 Å². The molecule has 0 aromatic rings.